The first-order valence-corrected chi connectivity index (χ1v) is 6.97. The van der Waals surface area contributed by atoms with Gasteiger partial charge in [-0.2, -0.15) is 0 Å². The lowest BCUT2D eigenvalue weighted by Gasteiger charge is -2.07. The molecule has 0 aliphatic heterocycles. The van der Waals surface area contributed by atoms with E-state index < -0.39 is 5.97 Å². The Morgan fingerprint density at radius 2 is 2.11 bits per heavy atom. The Morgan fingerprint density at radius 1 is 1.32 bits per heavy atom. The zero-order valence-corrected chi connectivity index (χ0v) is 12.9. The summed E-state index contributed by atoms with van der Waals surface area (Å²) in [5.41, 5.74) is 7.43. The molecule has 0 spiro atoms. The number of hydrogen-bond acceptors (Lipinski definition) is 4. The Bertz CT molecular complexity index is 617. The maximum absolute atomic E-state index is 11.9. The molecule has 0 amide bonds. The van der Waals surface area contributed by atoms with Crippen molar-refractivity contribution in [3.63, 3.8) is 0 Å². The second-order valence-corrected chi connectivity index (χ2v) is 5.50. The Labute approximate surface area is 127 Å². The predicted octanol–water partition coefficient (Wildman–Crippen LogP) is 3.55. The van der Waals surface area contributed by atoms with Gasteiger partial charge in [0.25, 0.3) is 0 Å². The summed E-state index contributed by atoms with van der Waals surface area (Å²) in [4.78, 5) is 15.9. The first-order valence-electron chi connectivity index (χ1n) is 5.38. The van der Waals surface area contributed by atoms with Gasteiger partial charge >= 0.3 is 5.97 Å². The number of benzene rings is 1. The first-order chi connectivity index (χ1) is 9.08. The summed E-state index contributed by atoms with van der Waals surface area (Å²) in [5, 5.41) is 0. The van der Waals surface area contributed by atoms with Gasteiger partial charge in [0, 0.05) is 28.1 Å². The van der Waals surface area contributed by atoms with Crippen LogP contribution in [0.5, 0.6) is 0 Å². The average Bonchev–Trinajstić information content (AvgIpc) is 2.39. The number of esters is 1. The molecular formula is C13H10Br2N2O2. The van der Waals surface area contributed by atoms with Crippen molar-refractivity contribution in [1.82, 2.24) is 4.98 Å². The molecule has 0 aliphatic rings. The summed E-state index contributed by atoms with van der Waals surface area (Å²) in [6.07, 6.45) is 3.31. The maximum atomic E-state index is 11.9. The van der Waals surface area contributed by atoms with E-state index in [-0.39, 0.29) is 6.61 Å². The normalized spacial score (nSPS) is 10.2. The molecule has 0 bridgehead atoms. The van der Waals surface area contributed by atoms with Crippen molar-refractivity contribution < 1.29 is 9.53 Å². The van der Waals surface area contributed by atoms with Crippen molar-refractivity contribution in [3.05, 3.63) is 56.7 Å². The molecule has 98 valence electrons. The number of nitrogens with two attached hydrogens (primary N) is 1. The van der Waals surface area contributed by atoms with Crippen LogP contribution in [0.15, 0.2) is 45.6 Å². The lowest BCUT2D eigenvalue weighted by molar-refractivity contribution is 0.0471. The molecule has 6 heteroatoms. The van der Waals surface area contributed by atoms with E-state index in [1.807, 2.05) is 6.07 Å². The van der Waals surface area contributed by atoms with Gasteiger partial charge in [0.15, 0.2) is 0 Å². The van der Waals surface area contributed by atoms with Crippen LogP contribution in [0.1, 0.15) is 15.9 Å². The number of anilines is 1. The van der Waals surface area contributed by atoms with Crippen LogP contribution in [-0.4, -0.2) is 11.0 Å². The highest BCUT2D eigenvalue weighted by atomic mass is 79.9. The molecular weight excluding hydrogens is 376 g/mol. The third-order valence-corrected chi connectivity index (χ3v) is 3.70. The van der Waals surface area contributed by atoms with Gasteiger partial charge < -0.3 is 10.5 Å². The number of nitrogens with zero attached hydrogens (tertiary/aromatic N) is 1. The number of nitrogen functional groups attached to an aromatic ring is 1. The number of pyridine rings is 1. The molecule has 2 rings (SSSR count). The summed E-state index contributed by atoms with van der Waals surface area (Å²) >= 11 is 6.58. The van der Waals surface area contributed by atoms with Gasteiger partial charge in [0.2, 0.25) is 0 Å². The van der Waals surface area contributed by atoms with Crippen LogP contribution in [0.3, 0.4) is 0 Å². The molecule has 0 radical (unpaired) electrons. The van der Waals surface area contributed by atoms with Crippen LogP contribution in [0.25, 0.3) is 0 Å². The summed E-state index contributed by atoms with van der Waals surface area (Å²) in [5.74, 6) is -0.431. The predicted molar refractivity (Wildman–Crippen MR) is 79.6 cm³/mol. The van der Waals surface area contributed by atoms with E-state index in [0.717, 1.165) is 10.0 Å². The van der Waals surface area contributed by atoms with Crippen molar-refractivity contribution in [1.29, 1.82) is 0 Å². The summed E-state index contributed by atoms with van der Waals surface area (Å²) in [7, 11) is 0. The van der Waals surface area contributed by atoms with Gasteiger partial charge in [0.05, 0.1) is 10.0 Å². The van der Waals surface area contributed by atoms with Crippen molar-refractivity contribution >= 4 is 43.5 Å². The molecule has 2 aromatic rings. The molecule has 1 heterocycles. The lowest BCUT2D eigenvalue weighted by Crippen LogP contribution is -2.07. The Hall–Kier alpha value is -1.40. The molecule has 1 aromatic carbocycles. The molecule has 4 nitrogen and oxygen atoms in total. The number of carbonyl (C=O) groups excluding carboxylic acids is 1. The fourth-order valence-corrected chi connectivity index (χ4v) is 2.31. The molecule has 0 unspecified atom stereocenters. The Balaban J connectivity index is 2.08. The maximum Gasteiger partial charge on any atom is 0.339 e. The van der Waals surface area contributed by atoms with E-state index in [2.05, 4.69) is 36.8 Å². The van der Waals surface area contributed by atoms with Gasteiger partial charge in [-0.05, 0) is 50.1 Å². The van der Waals surface area contributed by atoms with Crippen LogP contribution >= 0.6 is 31.9 Å². The molecule has 2 N–H and O–H groups in total. The van der Waals surface area contributed by atoms with Crippen molar-refractivity contribution in [3.8, 4) is 0 Å². The first kappa shape index (κ1) is 14.0. The van der Waals surface area contributed by atoms with Gasteiger partial charge in [0.1, 0.15) is 6.61 Å². The van der Waals surface area contributed by atoms with Crippen molar-refractivity contribution in [2.75, 3.05) is 5.73 Å². The fraction of sp³-hybridized carbons (Fsp3) is 0.0769. The Morgan fingerprint density at radius 3 is 2.84 bits per heavy atom. The van der Waals surface area contributed by atoms with Gasteiger partial charge in [-0.1, -0.05) is 6.07 Å². The zero-order valence-electron chi connectivity index (χ0n) is 9.77. The van der Waals surface area contributed by atoms with Crippen LogP contribution in [0.2, 0.25) is 0 Å². The zero-order chi connectivity index (χ0) is 13.8. The van der Waals surface area contributed by atoms with Crippen LogP contribution in [-0.2, 0) is 11.3 Å². The number of aromatic nitrogens is 1. The van der Waals surface area contributed by atoms with Crippen LogP contribution in [0.4, 0.5) is 5.69 Å². The third kappa shape index (κ3) is 3.54. The molecule has 0 aliphatic carbocycles. The number of ether oxygens (including phenoxy) is 1. The van der Waals surface area contributed by atoms with Crippen LogP contribution in [0, 0.1) is 0 Å². The summed E-state index contributed by atoms with van der Waals surface area (Å²) < 4.78 is 6.61. The standard InChI is InChI=1S/C13H10Br2N2O2/c14-9-4-8(5-17-6-9)7-19-13(18)10-2-1-3-11(16)12(10)15/h1-6H,7,16H2. The number of rotatable bonds is 3. The molecule has 0 saturated heterocycles. The molecule has 0 fully saturated rings. The fourth-order valence-electron chi connectivity index (χ4n) is 1.47. The molecule has 1 aromatic heterocycles. The minimum absolute atomic E-state index is 0.159. The quantitative estimate of drug-likeness (QED) is 0.648. The number of halogens is 2. The van der Waals surface area contributed by atoms with Crippen molar-refractivity contribution in [2.45, 2.75) is 6.61 Å². The molecule has 0 atom stereocenters. The second kappa shape index (κ2) is 6.16. The van der Waals surface area contributed by atoms with E-state index in [4.69, 9.17) is 10.5 Å². The van der Waals surface area contributed by atoms with Crippen LogP contribution < -0.4 is 5.73 Å². The van der Waals surface area contributed by atoms with E-state index >= 15 is 0 Å². The largest absolute Gasteiger partial charge is 0.457 e. The molecule has 0 saturated carbocycles. The monoisotopic (exact) mass is 384 g/mol. The second-order valence-electron chi connectivity index (χ2n) is 3.80. The number of hydrogen-bond donors (Lipinski definition) is 1. The van der Waals surface area contributed by atoms with Gasteiger partial charge in [-0.3, -0.25) is 4.98 Å². The lowest BCUT2D eigenvalue weighted by atomic mass is 10.2. The van der Waals surface area contributed by atoms with E-state index in [0.29, 0.717) is 15.7 Å². The Kier molecular flexibility index (Phi) is 4.55. The minimum atomic E-state index is -0.431. The highest BCUT2D eigenvalue weighted by molar-refractivity contribution is 9.11. The average molecular weight is 386 g/mol. The SMILES string of the molecule is Nc1cccc(C(=O)OCc2cncc(Br)c2)c1Br. The summed E-state index contributed by atoms with van der Waals surface area (Å²) in [6.45, 7) is 0.159. The topological polar surface area (TPSA) is 65.2 Å². The van der Waals surface area contributed by atoms with E-state index in [1.165, 1.54) is 0 Å². The van der Waals surface area contributed by atoms with Crippen molar-refractivity contribution in [2.24, 2.45) is 0 Å². The summed E-state index contributed by atoms with van der Waals surface area (Å²) in [6, 6.07) is 6.91. The molecule has 19 heavy (non-hydrogen) atoms. The minimum Gasteiger partial charge on any atom is -0.457 e. The smallest absolute Gasteiger partial charge is 0.339 e. The highest BCUT2D eigenvalue weighted by Crippen LogP contribution is 2.24. The number of carbonyl (C=O) groups is 1. The van der Waals surface area contributed by atoms with Gasteiger partial charge in [-0.25, -0.2) is 4.79 Å². The van der Waals surface area contributed by atoms with E-state index in [9.17, 15) is 4.79 Å². The van der Waals surface area contributed by atoms with Gasteiger partial charge in [-0.15, -0.1) is 0 Å². The van der Waals surface area contributed by atoms with E-state index in [1.54, 1.807) is 30.6 Å². The third-order valence-electron chi connectivity index (χ3n) is 2.38. The highest BCUT2D eigenvalue weighted by Gasteiger charge is 2.13.